The molecule has 2 heterocycles. The van der Waals surface area contributed by atoms with Crippen molar-refractivity contribution in [1.29, 1.82) is 0 Å². The maximum atomic E-state index is 12.7. The van der Waals surface area contributed by atoms with E-state index in [2.05, 4.69) is 66.8 Å². The zero-order chi connectivity index (χ0) is 42.5. The van der Waals surface area contributed by atoms with Crippen LogP contribution < -0.4 is 43.4 Å². The Morgan fingerprint density at radius 1 is 0.617 bits per heavy atom. The SMILES string of the molecule is CC(N)CNc1nc(Nc2ccccc2)nc(Nc2ccc(C=Cc3ccc(Nc4nc(NCC(C)N)nc(Nc5ccccc5)n4)cc3S(=O)(=O)O)c(SOOO)c2)n1. The van der Waals surface area contributed by atoms with Crippen LogP contribution in [0.3, 0.4) is 0 Å². The highest BCUT2D eigenvalue weighted by atomic mass is 32.2. The second-order valence-corrected chi connectivity index (χ2v) is 15.2. The fourth-order valence-electron chi connectivity index (χ4n) is 5.22. The van der Waals surface area contributed by atoms with Crippen molar-refractivity contribution in [2.45, 2.75) is 35.7 Å². The largest absolute Gasteiger partial charge is 0.352 e. The van der Waals surface area contributed by atoms with Crippen LogP contribution in [0.4, 0.5) is 58.4 Å². The van der Waals surface area contributed by atoms with Crippen molar-refractivity contribution >= 4 is 92.8 Å². The number of aromatic nitrogens is 6. The topological polar surface area (TPSA) is 295 Å². The molecule has 60 heavy (non-hydrogen) atoms. The van der Waals surface area contributed by atoms with Crippen molar-refractivity contribution in [3.05, 3.63) is 108 Å². The van der Waals surface area contributed by atoms with Crippen LogP contribution in [0.15, 0.2) is 107 Å². The van der Waals surface area contributed by atoms with Gasteiger partial charge < -0.3 is 43.4 Å². The van der Waals surface area contributed by atoms with Gasteiger partial charge in [0.25, 0.3) is 10.1 Å². The number of hydrogen-bond acceptors (Lipinski definition) is 20. The minimum Gasteiger partial charge on any atom is -0.352 e. The maximum Gasteiger partial charge on any atom is 0.295 e. The van der Waals surface area contributed by atoms with Gasteiger partial charge >= 0.3 is 0 Å². The Morgan fingerprint density at radius 2 is 1.03 bits per heavy atom. The third-order valence-corrected chi connectivity index (χ3v) is 9.48. The Balaban J connectivity index is 1.25. The predicted molar refractivity (Wildman–Crippen MR) is 232 cm³/mol. The van der Waals surface area contributed by atoms with Gasteiger partial charge in [0, 0.05) is 52.8 Å². The van der Waals surface area contributed by atoms with Crippen LogP contribution in [0.25, 0.3) is 12.2 Å². The minimum absolute atomic E-state index is 0.0835. The number of nitrogens with two attached hydrogens (primary N) is 2. The van der Waals surface area contributed by atoms with E-state index in [0.717, 1.165) is 11.4 Å². The quantitative estimate of drug-likeness (QED) is 0.0131. The van der Waals surface area contributed by atoms with E-state index in [9.17, 15) is 13.0 Å². The second-order valence-electron chi connectivity index (χ2n) is 13.1. The van der Waals surface area contributed by atoms with Crippen LogP contribution in [-0.4, -0.2) is 73.3 Å². The molecule has 2 unspecified atom stereocenters. The first kappa shape index (κ1) is 43.1. The molecule has 0 radical (unpaired) electrons. The van der Waals surface area contributed by atoms with Crippen LogP contribution in [0, 0.1) is 0 Å². The van der Waals surface area contributed by atoms with E-state index in [0.29, 0.717) is 41.3 Å². The smallest absolute Gasteiger partial charge is 0.295 e. The Hall–Kier alpha value is -6.50. The third-order valence-electron chi connectivity index (χ3n) is 7.91. The average molecular weight is 855 g/mol. The van der Waals surface area contributed by atoms with Gasteiger partial charge in [0.15, 0.2) is 0 Å². The lowest BCUT2D eigenvalue weighted by molar-refractivity contribution is -0.432. The number of nitrogens with one attached hydrogen (secondary N) is 6. The maximum absolute atomic E-state index is 12.7. The summed E-state index contributed by atoms with van der Waals surface area (Å²) in [4.78, 5) is 26.7. The number of anilines is 10. The van der Waals surface area contributed by atoms with Gasteiger partial charge in [-0.3, -0.25) is 4.55 Å². The molecule has 0 aliphatic heterocycles. The number of hydrogen-bond donors (Lipinski definition) is 10. The molecule has 0 aliphatic carbocycles. The van der Waals surface area contributed by atoms with Crippen molar-refractivity contribution < 1.29 is 27.6 Å². The molecule has 4 aromatic carbocycles. The first-order chi connectivity index (χ1) is 28.9. The molecule has 0 saturated carbocycles. The highest BCUT2D eigenvalue weighted by Gasteiger charge is 2.17. The molecular formula is C38H42N14O6S2. The molecule has 0 spiro atoms. The van der Waals surface area contributed by atoms with Crippen LogP contribution in [0.5, 0.6) is 0 Å². The van der Waals surface area contributed by atoms with Gasteiger partial charge in [-0.1, -0.05) is 65.7 Å². The van der Waals surface area contributed by atoms with Crippen LogP contribution >= 0.6 is 12.0 Å². The number of benzene rings is 4. The average Bonchev–Trinajstić information content (AvgIpc) is 3.21. The molecule has 22 heteroatoms. The summed E-state index contributed by atoms with van der Waals surface area (Å²) >= 11 is 0.678. The summed E-state index contributed by atoms with van der Waals surface area (Å²) < 4.78 is 40.4. The first-order valence-corrected chi connectivity index (χ1v) is 20.4. The molecule has 0 amide bonds. The van der Waals surface area contributed by atoms with Gasteiger partial charge in [-0.25, -0.2) is 5.26 Å². The molecule has 0 aliphatic rings. The molecule has 20 nitrogen and oxygen atoms in total. The van der Waals surface area contributed by atoms with Crippen molar-refractivity contribution in [2.75, 3.05) is 45.0 Å². The second kappa shape index (κ2) is 20.5. The summed E-state index contributed by atoms with van der Waals surface area (Å²) in [5, 5.41) is 31.4. The molecule has 0 fully saturated rings. The standard InChI is InChI=1S/C38H42N14O6S2/c1-23(39)21-41-33-47-35(43-27-9-5-3-6-10-27)51-37(49-33)45-29-17-15-25(31(19-29)59-58-57-53)13-14-26-16-18-30(20-32(26)60(54,55)56)46-38-50-34(42-22-24(2)40)48-36(52-38)44-28-11-7-4-8-12-28/h3-20,23-24,53H,21-22,39-40H2,1-2H3,(H,54,55,56)(H3,41,43,45,47,49,51)(H3,42,44,46,48,50,52). The van der Waals surface area contributed by atoms with E-state index in [1.807, 2.05) is 74.5 Å². The van der Waals surface area contributed by atoms with E-state index < -0.39 is 15.0 Å². The van der Waals surface area contributed by atoms with Crippen molar-refractivity contribution in [2.24, 2.45) is 11.5 Å². The van der Waals surface area contributed by atoms with Crippen LogP contribution in [-0.2, 0) is 19.5 Å². The normalized spacial score (nSPS) is 12.4. The zero-order valence-corrected chi connectivity index (χ0v) is 33.8. The molecule has 2 aromatic heterocycles. The Kier molecular flexibility index (Phi) is 14.7. The fourth-order valence-corrected chi connectivity index (χ4v) is 6.45. The van der Waals surface area contributed by atoms with E-state index in [-0.39, 0.29) is 59.0 Å². The van der Waals surface area contributed by atoms with E-state index >= 15 is 0 Å². The summed E-state index contributed by atoms with van der Waals surface area (Å²) in [6.45, 7) is 4.46. The van der Waals surface area contributed by atoms with E-state index in [1.54, 1.807) is 30.3 Å². The van der Waals surface area contributed by atoms with Crippen molar-refractivity contribution in [1.82, 2.24) is 29.9 Å². The Bertz CT molecular complexity index is 2500. The van der Waals surface area contributed by atoms with Gasteiger partial charge in [-0.15, -0.1) is 4.33 Å². The molecule has 12 N–H and O–H groups in total. The van der Waals surface area contributed by atoms with E-state index in [1.165, 1.54) is 18.2 Å². The van der Waals surface area contributed by atoms with Gasteiger partial charge in [-0.2, -0.15) is 38.3 Å². The minimum atomic E-state index is -4.74. The van der Waals surface area contributed by atoms with Gasteiger partial charge in [0.2, 0.25) is 35.7 Å². The highest BCUT2D eigenvalue weighted by Crippen LogP contribution is 2.31. The number of rotatable bonds is 20. The summed E-state index contributed by atoms with van der Waals surface area (Å²) in [5.41, 5.74) is 14.8. The summed E-state index contributed by atoms with van der Waals surface area (Å²) in [7, 11) is -4.74. The molecule has 6 rings (SSSR count). The highest BCUT2D eigenvalue weighted by molar-refractivity contribution is 7.94. The molecule has 2 atom stereocenters. The monoisotopic (exact) mass is 854 g/mol. The van der Waals surface area contributed by atoms with Gasteiger partial charge in [0.1, 0.15) is 4.90 Å². The Labute approximate surface area is 349 Å². The lowest BCUT2D eigenvalue weighted by Crippen LogP contribution is -2.26. The molecule has 0 saturated heterocycles. The zero-order valence-electron chi connectivity index (χ0n) is 32.1. The molecule has 0 bridgehead atoms. The van der Waals surface area contributed by atoms with Crippen molar-refractivity contribution in [3.8, 4) is 0 Å². The summed E-state index contributed by atoms with van der Waals surface area (Å²) in [6, 6.07) is 27.7. The van der Waals surface area contributed by atoms with E-state index in [4.69, 9.17) is 21.1 Å². The number of nitrogens with zero attached hydrogens (tertiary/aromatic N) is 6. The van der Waals surface area contributed by atoms with Crippen LogP contribution in [0.1, 0.15) is 25.0 Å². The third kappa shape index (κ3) is 13.0. The first-order valence-electron chi connectivity index (χ1n) is 18.2. The molecule has 312 valence electrons. The lowest BCUT2D eigenvalue weighted by Gasteiger charge is -2.13. The van der Waals surface area contributed by atoms with Crippen molar-refractivity contribution in [3.63, 3.8) is 0 Å². The lowest BCUT2D eigenvalue weighted by atomic mass is 10.1. The molecule has 6 aromatic rings. The fraction of sp³-hybridized carbons (Fsp3) is 0.158. The predicted octanol–water partition coefficient (Wildman–Crippen LogP) is 6.39. The van der Waals surface area contributed by atoms with Crippen LogP contribution in [0.2, 0.25) is 0 Å². The van der Waals surface area contributed by atoms with Gasteiger partial charge in [0.05, 0.1) is 12.0 Å². The summed E-state index contributed by atoms with van der Waals surface area (Å²) in [5.74, 6) is 1.26. The molecular weight excluding hydrogens is 813 g/mol. The Morgan fingerprint density at radius 3 is 1.48 bits per heavy atom. The summed E-state index contributed by atoms with van der Waals surface area (Å²) in [6.07, 6.45) is 3.08. The number of para-hydroxylation sites is 2. The van der Waals surface area contributed by atoms with Gasteiger partial charge in [-0.05, 0) is 73.5 Å².